The van der Waals surface area contributed by atoms with Gasteiger partial charge in [-0.05, 0) is 98.0 Å². The maximum Gasteiger partial charge on any atom is 0.164 e. The van der Waals surface area contributed by atoms with E-state index in [0.717, 1.165) is 30.3 Å². The molecule has 5 heteroatoms. The van der Waals surface area contributed by atoms with Crippen LogP contribution in [0.3, 0.4) is 0 Å². The first-order valence-electron chi connectivity index (χ1n) is 13.0. The SMILES string of the molecule is CC(C)=CCCC(C)=CC=CC(C)=CC1C[C@@]2(C(O)O1)[C@H](CCCO)C(=C(C)C=O)CC[C@]2(C)O. The van der Waals surface area contributed by atoms with Crippen LogP contribution in [0.5, 0.6) is 0 Å². The van der Waals surface area contributed by atoms with Gasteiger partial charge in [-0.1, -0.05) is 52.7 Å². The van der Waals surface area contributed by atoms with Crippen LogP contribution in [0.2, 0.25) is 0 Å². The Morgan fingerprint density at radius 2 is 1.91 bits per heavy atom. The van der Waals surface area contributed by atoms with Crippen LogP contribution in [-0.2, 0) is 9.53 Å². The maximum atomic E-state index is 11.6. The van der Waals surface area contributed by atoms with E-state index >= 15 is 0 Å². The van der Waals surface area contributed by atoms with Crippen molar-refractivity contribution in [3.8, 4) is 0 Å². The summed E-state index contributed by atoms with van der Waals surface area (Å²) in [5.41, 5.74) is 3.20. The summed E-state index contributed by atoms with van der Waals surface area (Å²) in [7, 11) is 0. The van der Waals surface area contributed by atoms with E-state index in [9.17, 15) is 20.1 Å². The van der Waals surface area contributed by atoms with Gasteiger partial charge in [0, 0.05) is 6.61 Å². The van der Waals surface area contributed by atoms with Crippen molar-refractivity contribution in [2.24, 2.45) is 11.3 Å². The number of carbonyl (C=O) groups excluding carboxylic acids is 1. The molecule has 1 aliphatic carbocycles. The molecule has 1 aliphatic heterocycles. The highest BCUT2D eigenvalue weighted by Gasteiger charge is 2.64. The Morgan fingerprint density at radius 3 is 2.54 bits per heavy atom. The molecule has 0 bridgehead atoms. The molecule has 2 fully saturated rings. The summed E-state index contributed by atoms with van der Waals surface area (Å²) >= 11 is 0. The number of carbonyl (C=O) groups is 1. The molecule has 1 saturated carbocycles. The molecule has 1 heterocycles. The number of hydrogen-bond donors (Lipinski definition) is 3. The summed E-state index contributed by atoms with van der Waals surface area (Å²) in [6.07, 6.45) is 14.5. The molecule has 3 N–H and O–H groups in total. The molecule has 1 spiro atoms. The Bertz CT molecular complexity index is 884. The van der Waals surface area contributed by atoms with Gasteiger partial charge < -0.3 is 20.1 Å². The number of aliphatic hydroxyl groups is 3. The standard InChI is InChI=1S/C30H46O5/c1-21(2)10-7-11-22(3)12-8-13-23(4)18-25-19-30(28(33)35-25)27(14-9-17-31)26(24(5)20-32)15-16-29(30,6)34/h8,10,12-13,18,20,25,27-28,31,33-34H,7,9,11,14-17,19H2,1-6H3/t25?,27-,28?,29+,30+/m1/s1. The summed E-state index contributed by atoms with van der Waals surface area (Å²) in [6.45, 7) is 12.0. The van der Waals surface area contributed by atoms with Crippen LogP contribution in [0, 0.1) is 11.3 Å². The first-order valence-corrected chi connectivity index (χ1v) is 13.0. The van der Waals surface area contributed by atoms with Gasteiger partial charge in [-0.2, -0.15) is 0 Å². The first-order chi connectivity index (χ1) is 16.5. The number of aliphatic hydroxyl groups excluding tert-OH is 2. The van der Waals surface area contributed by atoms with E-state index < -0.39 is 17.3 Å². The third-order valence-corrected chi connectivity index (χ3v) is 7.82. The molecular weight excluding hydrogens is 440 g/mol. The normalized spacial score (nSPS) is 33.5. The van der Waals surface area contributed by atoms with Crippen LogP contribution in [0.4, 0.5) is 0 Å². The number of allylic oxidation sites excluding steroid dienone is 9. The molecule has 35 heavy (non-hydrogen) atoms. The fourth-order valence-electron chi connectivity index (χ4n) is 5.80. The van der Waals surface area contributed by atoms with Crippen molar-refractivity contribution >= 4 is 6.29 Å². The zero-order valence-electron chi connectivity index (χ0n) is 22.5. The van der Waals surface area contributed by atoms with E-state index in [1.807, 2.05) is 25.2 Å². The van der Waals surface area contributed by atoms with E-state index in [0.29, 0.717) is 37.7 Å². The molecule has 5 atom stereocenters. The molecule has 0 radical (unpaired) electrons. The highest BCUT2D eigenvalue weighted by molar-refractivity contribution is 5.74. The summed E-state index contributed by atoms with van der Waals surface area (Å²) in [4.78, 5) is 11.6. The molecule has 2 rings (SSSR count). The lowest BCUT2D eigenvalue weighted by Crippen LogP contribution is -2.58. The van der Waals surface area contributed by atoms with Gasteiger partial charge in [0.05, 0.1) is 17.1 Å². The zero-order valence-corrected chi connectivity index (χ0v) is 22.5. The van der Waals surface area contributed by atoms with Crippen molar-refractivity contribution in [1.29, 1.82) is 0 Å². The van der Waals surface area contributed by atoms with E-state index in [1.165, 1.54) is 11.1 Å². The summed E-state index contributed by atoms with van der Waals surface area (Å²) in [5.74, 6) is -0.237. The van der Waals surface area contributed by atoms with Crippen LogP contribution >= 0.6 is 0 Å². The van der Waals surface area contributed by atoms with E-state index in [1.54, 1.807) is 13.8 Å². The third-order valence-electron chi connectivity index (χ3n) is 7.82. The van der Waals surface area contributed by atoms with Crippen LogP contribution in [-0.4, -0.2) is 46.2 Å². The van der Waals surface area contributed by atoms with Gasteiger partial charge in [-0.25, -0.2) is 0 Å². The van der Waals surface area contributed by atoms with Crippen molar-refractivity contribution in [2.45, 2.75) is 104 Å². The molecular formula is C30H46O5. The van der Waals surface area contributed by atoms with Gasteiger partial charge in [0.2, 0.25) is 0 Å². The second kappa shape index (κ2) is 13.0. The topological polar surface area (TPSA) is 87.0 Å². The molecule has 2 unspecified atom stereocenters. The molecule has 0 aromatic rings. The summed E-state index contributed by atoms with van der Waals surface area (Å²) in [5, 5.41) is 32.3. The van der Waals surface area contributed by atoms with Gasteiger partial charge in [0.1, 0.15) is 6.29 Å². The van der Waals surface area contributed by atoms with Crippen molar-refractivity contribution in [3.63, 3.8) is 0 Å². The number of ether oxygens (including phenoxy) is 1. The largest absolute Gasteiger partial charge is 0.396 e. The predicted octanol–water partition coefficient (Wildman–Crippen LogP) is 5.72. The Kier molecular flexibility index (Phi) is 10.9. The van der Waals surface area contributed by atoms with Gasteiger partial charge >= 0.3 is 0 Å². The van der Waals surface area contributed by atoms with Gasteiger partial charge in [0.15, 0.2) is 6.29 Å². The van der Waals surface area contributed by atoms with E-state index in [4.69, 9.17) is 4.74 Å². The monoisotopic (exact) mass is 486 g/mol. The lowest BCUT2D eigenvalue weighted by Gasteiger charge is -2.53. The summed E-state index contributed by atoms with van der Waals surface area (Å²) in [6, 6.07) is 0. The van der Waals surface area contributed by atoms with Crippen molar-refractivity contribution in [2.75, 3.05) is 6.61 Å². The third kappa shape index (κ3) is 7.13. The molecule has 0 aromatic heterocycles. The second-order valence-electron chi connectivity index (χ2n) is 10.9. The Labute approximate surface area is 212 Å². The smallest absolute Gasteiger partial charge is 0.164 e. The maximum absolute atomic E-state index is 11.6. The summed E-state index contributed by atoms with van der Waals surface area (Å²) < 4.78 is 6.03. The number of hydrogen-bond acceptors (Lipinski definition) is 5. The first kappa shape index (κ1) is 29.4. The van der Waals surface area contributed by atoms with Gasteiger partial charge in [-0.15, -0.1) is 0 Å². The quantitative estimate of drug-likeness (QED) is 0.159. The molecule has 0 amide bonds. The van der Waals surface area contributed by atoms with E-state index in [-0.39, 0.29) is 18.6 Å². The average molecular weight is 487 g/mol. The Hall–Kier alpha value is -1.79. The lowest BCUT2D eigenvalue weighted by atomic mass is 9.53. The highest BCUT2D eigenvalue weighted by atomic mass is 16.6. The van der Waals surface area contributed by atoms with Gasteiger partial charge in [-0.3, -0.25) is 4.79 Å². The highest BCUT2D eigenvalue weighted by Crippen LogP contribution is 2.60. The number of aldehydes is 1. The minimum absolute atomic E-state index is 0.0214. The van der Waals surface area contributed by atoms with Crippen LogP contribution in [0.1, 0.15) is 86.5 Å². The molecule has 196 valence electrons. The van der Waals surface area contributed by atoms with Crippen LogP contribution < -0.4 is 0 Å². The molecule has 2 aliphatic rings. The number of rotatable bonds is 10. The average Bonchev–Trinajstić information content (AvgIpc) is 3.10. The minimum Gasteiger partial charge on any atom is -0.396 e. The predicted molar refractivity (Wildman–Crippen MR) is 142 cm³/mol. The zero-order chi connectivity index (χ0) is 26.2. The fourth-order valence-corrected chi connectivity index (χ4v) is 5.80. The lowest BCUT2D eigenvalue weighted by molar-refractivity contribution is -0.219. The van der Waals surface area contributed by atoms with Gasteiger partial charge in [0.25, 0.3) is 0 Å². The van der Waals surface area contributed by atoms with E-state index in [2.05, 4.69) is 32.9 Å². The molecule has 1 saturated heterocycles. The van der Waals surface area contributed by atoms with Crippen molar-refractivity contribution < 1.29 is 24.9 Å². The molecule has 5 nitrogen and oxygen atoms in total. The van der Waals surface area contributed by atoms with Crippen LogP contribution in [0.25, 0.3) is 0 Å². The fraction of sp³-hybridized carbons (Fsp3) is 0.633. The molecule has 0 aromatic carbocycles. The van der Waals surface area contributed by atoms with Crippen LogP contribution in [0.15, 0.2) is 58.2 Å². The minimum atomic E-state index is -1.16. The second-order valence-corrected chi connectivity index (χ2v) is 10.9. The van der Waals surface area contributed by atoms with Crippen molar-refractivity contribution in [3.05, 3.63) is 58.2 Å². The Balaban J connectivity index is 2.26. The Morgan fingerprint density at radius 1 is 1.20 bits per heavy atom. The van der Waals surface area contributed by atoms with Crippen molar-refractivity contribution in [1.82, 2.24) is 0 Å².